The number of nitrogens with one attached hydrogen (secondary N) is 1. The van der Waals surface area contributed by atoms with Crippen LogP contribution in [0.3, 0.4) is 0 Å². The number of carbonyl (C=O) groups is 2. The van der Waals surface area contributed by atoms with Gasteiger partial charge in [0.2, 0.25) is 11.8 Å². The van der Waals surface area contributed by atoms with Gasteiger partial charge in [0, 0.05) is 34.7 Å². The molecule has 0 spiro atoms. The second-order valence-corrected chi connectivity index (χ2v) is 12.5. The first-order valence-corrected chi connectivity index (χ1v) is 13.0. The van der Waals surface area contributed by atoms with Crippen molar-refractivity contribution in [3.05, 3.63) is 71.8 Å². The largest absolute Gasteiger partial charge is 0.364 e. The zero-order chi connectivity index (χ0) is 25.4. The van der Waals surface area contributed by atoms with Crippen molar-refractivity contribution in [2.24, 2.45) is 0 Å². The number of para-hydroxylation sites is 1. The molecular formula is C30H34N4O2. The molecule has 2 amide bonds. The monoisotopic (exact) mass is 482 g/mol. The number of piperazine rings is 1. The molecule has 2 aromatic rings. The highest BCUT2D eigenvalue weighted by Gasteiger charge is 2.68. The zero-order valence-electron chi connectivity index (χ0n) is 21.7. The Hall–Kier alpha value is -3.28. The second-order valence-electron chi connectivity index (χ2n) is 12.5. The third-order valence-corrected chi connectivity index (χ3v) is 10.1. The van der Waals surface area contributed by atoms with Crippen molar-refractivity contribution >= 4 is 23.2 Å². The average molecular weight is 483 g/mol. The normalized spacial score (nSPS) is 35.6. The van der Waals surface area contributed by atoms with Gasteiger partial charge in [0.15, 0.2) is 0 Å². The van der Waals surface area contributed by atoms with E-state index in [1.807, 2.05) is 28.0 Å². The molecule has 0 bridgehead atoms. The topological polar surface area (TPSA) is 55.9 Å². The van der Waals surface area contributed by atoms with Crippen molar-refractivity contribution in [3.63, 3.8) is 0 Å². The fraction of sp³-hybridized carbons (Fsp3) is 0.467. The number of rotatable bonds is 2. The number of nitrogens with zero attached hydrogens (tertiary/aromatic N) is 3. The molecular weight excluding hydrogens is 448 g/mol. The molecule has 6 nitrogen and oxygen atoms in total. The minimum absolute atomic E-state index is 0.0850. The van der Waals surface area contributed by atoms with Crippen LogP contribution in [0.2, 0.25) is 0 Å². The summed E-state index contributed by atoms with van der Waals surface area (Å²) >= 11 is 0. The number of amides is 2. The summed E-state index contributed by atoms with van der Waals surface area (Å²) in [6.45, 7) is 12.8. The number of fused-ring (bicyclic) bond motifs is 10. The van der Waals surface area contributed by atoms with Gasteiger partial charge >= 0.3 is 0 Å². The maximum atomic E-state index is 14.2. The maximum absolute atomic E-state index is 14.2. The summed E-state index contributed by atoms with van der Waals surface area (Å²) in [5, 5.41) is 3.60. The molecule has 2 aromatic carbocycles. The third-order valence-electron chi connectivity index (χ3n) is 10.1. The van der Waals surface area contributed by atoms with Gasteiger partial charge in [-0.1, -0.05) is 64.1 Å². The van der Waals surface area contributed by atoms with Crippen molar-refractivity contribution in [3.8, 4) is 0 Å². The van der Waals surface area contributed by atoms with Gasteiger partial charge in [0.1, 0.15) is 24.4 Å². The molecule has 0 aromatic heterocycles. The molecule has 7 rings (SSSR count). The van der Waals surface area contributed by atoms with Gasteiger partial charge in [-0.15, -0.1) is 6.58 Å². The Bertz CT molecular complexity index is 1370. The van der Waals surface area contributed by atoms with E-state index in [0.717, 1.165) is 11.4 Å². The van der Waals surface area contributed by atoms with Crippen LogP contribution in [0.25, 0.3) is 0 Å². The van der Waals surface area contributed by atoms with Crippen molar-refractivity contribution in [2.45, 2.75) is 81.2 Å². The number of hydrogen-bond acceptors (Lipinski definition) is 4. The van der Waals surface area contributed by atoms with Crippen LogP contribution in [-0.4, -0.2) is 53.1 Å². The Morgan fingerprint density at radius 2 is 1.64 bits per heavy atom. The Morgan fingerprint density at radius 3 is 2.39 bits per heavy atom. The van der Waals surface area contributed by atoms with Crippen LogP contribution in [0.5, 0.6) is 0 Å². The third kappa shape index (κ3) is 2.34. The van der Waals surface area contributed by atoms with Crippen LogP contribution in [0, 0.1) is 0 Å². The number of carbonyl (C=O) groups excluding carboxylic acids is 2. The van der Waals surface area contributed by atoms with Crippen molar-refractivity contribution in [1.29, 1.82) is 0 Å². The van der Waals surface area contributed by atoms with Gasteiger partial charge in [0.05, 0.1) is 0 Å². The smallest absolute Gasteiger partial charge is 0.247 e. The van der Waals surface area contributed by atoms with Gasteiger partial charge in [-0.2, -0.15) is 0 Å². The number of hydrogen-bond donors (Lipinski definition) is 1. The molecule has 0 aliphatic carbocycles. The molecule has 3 fully saturated rings. The van der Waals surface area contributed by atoms with Crippen molar-refractivity contribution in [1.82, 2.24) is 9.80 Å². The Morgan fingerprint density at radius 1 is 0.972 bits per heavy atom. The van der Waals surface area contributed by atoms with E-state index in [4.69, 9.17) is 0 Å². The maximum Gasteiger partial charge on any atom is 0.247 e. The summed E-state index contributed by atoms with van der Waals surface area (Å²) in [7, 11) is 2.07. The van der Waals surface area contributed by atoms with Crippen molar-refractivity contribution in [2.75, 3.05) is 17.3 Å². The average Bonchev–Trinajstić information content (AvgIpc) is 3.50. The summed E-state index contributed by atoms with van der Waals surface area (Å²) < 4.78 is 0. The standard InChI is InChI=1S/C30H34N4O2/c1-7-28(2,3)17-12-13-21-19(14-17)30(5)16-23-24(35)33-22(25(36)34(23)27(30)32(21)6)15-29(4)18-10-8-9-11-20(18)31-26(29)33/h7-14,22-23,26-27,31H,1,15-16H2,2-6H3/t22-,23-,26-,27-,29-,30-/m0/s1. The van der Waals surface area contributed by atoms with Crippen LogP contribution in [0.15, 0.2) is 55.1 Å². The highest BCUT2D eigenvalue weighted by atomic mass is 16.2. The van der Waals surface area contributed by atoms with Gasteiger partial charge in [0.25, 0.3) is 0 Å². The summed E-state index contributed by atoms with van der Waals surface area (Å²) in [6, 6.07) is 14.0. The number of anilines is 2. The summed E-state index contributed by atoms with van der Waals surface area (Å²) in [6.07, 6.45) is 2.92. The van der Waals surface area contributed by atoms with Gasteiger partial charge in [-0.3, -0.25) is 9.59 Å². The molecule has 5 aliphatic rings. The summed E-state index contributed by atoms with van der Waals surface area (Å²) in [5.74, 6) is 0.177. The zero-order valence-corrected chi connectivity index (χ0v) is 21.7. The molecule has 6 heteroatoms. The molecule has 0 unspecified atom stereocenters. The summed E-state index contributed by atoms with van der Waals surface area (Å²) in [4.78, 5) is 34.5. The van der Waals surface area contributed by atoms with E-state index < -0.39 is 12.1 Å². The lowest BCUT2D eigenvalue weighted by Crippen LogP contribution is -2.66. The van der Waals surface area contributed by atoms with E-state index in [9.17, 15) is 9.59 Å². The van der Waals surface area contributed by atoms with E-state index in [-0.39, 0.29) is 40.4 Å². The minimum atomic E-state index is -0.441. The highest BCUT2D eigenvalue weighted by molar-refractivity contribution is 6.00. The lowest BCUT2D eigenvalue weighted by molar-refractivity contribution is -0.160. The van der Waals surface area contributed by atoms with E-state index >= 15 is 0 Å². The Balaban J connectivity index is 1.30. The first-order valence-electron chi connectivity index (χ1n) is 13.0. The second kappa shape index (κ2) is 6.53. The predicted octanol–water partition coefficient (Wildman–Crippen LogP) is 4.11. The Labute approximate surface area is 212 Å². The van der Waals surface area contributed by atoms with Crippen molar-refractivity contribution < 1.29 is 9.59 Å². The molecule has 0 saturated carbocycles. The van der Waals surface area contributed by atoms with E-state index in [2.05, 4.69) is 81.9 Å². The lowest BCUT2D eigenvalue weighted by Gasteiger charge is -2.44. The Kier molecular flexibility index (Phi) is 3.98. The van der Waals surface area contributed by atoms with E-state index in [0.29, 0.717) is 12.8 Å². The van der Waals surface area contributed by atoms with Crippen LogP contribution in [-0.2, 0) is 25.8 Å². The molecule has 5 aliphatic heterocycles. The molecule has 36 heavy (non-hydrogen) atoms. The quantitative estimate of drug-likeness (QED) is 0.655. The van der Waals surface area contributed by atoms with Crippen LogP contribution in [0.1, 0.15) is 57.2 Å². The molecule has 0 radical (unpaired) electrons. The van der Waals surface area contributed by atoms with Crippen LogP contribution in [0.4, 0.5) is 11.4 Å². The molecule has 6 atom stereocenters. The molecule has 5 heterocycles. The number of benzene rings is 2. The van der Waals surface area contributed by atoms with Gasteiger partial charge < -0.3 is 20.0 Å². The lowest BCUT2D eigenvalue weighted by atomic mass is 9.76. The van der Waals surface area contributed by atoms with E-state index in [1.165, 1.54) is 16.7 Å². The molecule has 186 valence electrons. The SMILES string of the molecule is C=CC(C)(C)c1ccc2c(c1)[C@]1(C)C[C@H]3C(=O)N4[C@@H](C[C@@]5(C)c6ccccc6N[C@@H]45)C(=O)N3[C@@H]1N2C. The fourth-order valence-electron chi connectivity index (χ4n) is 8.05. The van der Waals surface area contributed by atoms with Crippen LogP contribution < -0.4 is 10.2 Å². The van der Waals surface area contributed by atoms with E-state index in [1.54, 1.807) is 0 Å². The van der Waals surface area contributed by atoms with Crippen LogP contribution >= 0.6 is 0 Å². The fourth-order valence-corrected chi connectivity index (χ4v) is 8.05. The first-order chi connectivity index (χ1) is 17.0. The number of allylic oxidation sites excluding steroid dienone is 1. The summed E-state index contributed by atoms with van der Waals surface area (Å²) in [5.41, 5.74) is 5.12. The van der Waals surface area contributed by atoms with Gasteiger partial charge in [-0.05, 0) is 41.7 Å². The highest BCUT2D eigenvalue weighted by Crippen LogP contribution is 2.58. The van der Waals surface area contributed by atoms with Gasteiger partial charge in [-0.25, -0.2) is 0 Å². The minimum Gasteiger partial charge on any atom is -0.364 e. The molecule has 3 saturated heterocycles. The first kappa shape index (κ1) is 22.0. The predicted molar refractivity (Wildman–Crippen MR) is 141 cm³/mol. The number of likely N-dealkylation sites (N-methyl/N-ethyl adjacent to an activating group) is 1. The molecule has 1 N–H and O–H groups in total.